The minimum Gasteiger partial charge on any atom is -0.481 e. The van der Waals surface area contributed by atoms with Gasteiger partial charge in [-0.25, -0.2) is 0 Å². The molecule has 0 aliphatic rings. The molecule has 0 fully saturated rings. The van der Waals surface area contributed by atoms with Crippen molar-refractivity contribution >= 4 is 5.97 Å². The molecule has 0 saturated carbocycles. The Morgan fingerprint density at radius 2 is 1.80 bits per heavy atom. The molecule has 0 bridgehead atoms. The summed E-state index contributed by atoms with van der Waals surface area (Å²) in [5.74, 6) is -0.695. The van der Waals surface area contributed by atoms with Crippen molar-refractivity contribution in [3.8, 4) is 0 Å². The fourth-order valence-corrected chi connectivity index (χ4v) is 1.68. The quantitative estimate of drug-likeness (QED) is 0.487. The molecule has 2 nitrogen and oxygen atoms in total. The number of carboxylic acids is 1. The summed E-state index contributed by atoms with van der Waals surface area (Å²) >= 11 is 0. The number of hydrogen-bond acceptors (Lipinski definition) is 1. The van der Waals surface area contributed by atoms with Gasteiger partial charge in [0.25, 0.3) is 0 Å². The van der Waals surface area contributed by atoms with Crippen LogP contribution >= 0.6 is 0 Å². The fraction of sp³-hybridized carbons (Fsp3) is 0.769. The van der Waals surface area contributed by atoms with Crippen LogP contribution in [-0.2, 0) is 4.79 Å². The monoisotopic (exact) mass is 212 g/mol. The molecular weight excluding hydrogens is 188 g/mol. The first-order valence-electron chi connectivity index (χ1n) is 6.04. The van der Waals surface area contributed by atoms with E-state index in [1.54, 1.807) is 0 Å². The summed E-state index contributed by atoms with van der Waals surface area (Å²) in [5, 5.41) is 9.18. The molecule has 0 atom stereocenters. The first-order chi connectivity index (χ1) is 7.13. The topological polar surface area (TPSA) is 37.3 Å². The smallest absolute Gasteiger partial charge is 0.313 e. The first-order valence-corrected chi connectivity index (χ1v) is 6.04. The van der Waals surface area contributed by atoms with Gasteiger partial charge in [-0.3, -0.25) is 4.79 Å². The van der Waals surface area contributed by atoms with E-state index in [0.29, 0.717) is 12.8 Å². The van der Waals surface area contributed by atoms with Crippen molar-refractivity contribution in [3.63, 3.8) is 0 Å². The molecule has 0 aromatic heterocycles. The van der Waals surface area contributed by atoms with Gasteiger partial charge >= 0.3 is 5.97 Å². The molecule has 0 aliphatic carbocycles. The lowest BCUT2D eigenvalue weighted by Gasteiger charge is -2.22. The predicted molar refractivity (Wildman–Crippen MR) is 63.9 cm³/mol. The van der Waals surface area contributed by atoms with Gasteiger partial charge < -0.3 is 5.11 Å². The van der Waals surface area contributed by atoms with Crippen molar-refractivity contribution < 1.29 is 9.90 Å². The van der Waals surface area contributed by atoms with Crippen molar-refractivity contribution in [2.75, 3.05) is 0 Å². The Labute approximate surface area is 93.4 Å². The van der Waals surface area contributed by atoms with Gasteiger partial charge in [-0.1, -0.05) is 45.8 Å². The van der Waals surface area contributed by atoms with Crippen LogP contribution in [0.15, 0.2) is 12.2 Å². The lowest BCUT2D eigenvalue weighted by Crippen LogP contribution is -2.27. The number of allylic oxidation sites excluding steroid dienone is 1. The van der Waals surface area contributed by atoms with E-state index in [0.717, 1.165) is 12.8 Å². The maximum atomic E-state index is 11.2. The summed E-state index contributed by atoms with van der Waals surface area (Å²) in [6.07, 6.45) is 9.87. The van der Waals surface area contributed by atoms with Crippen molar-refractivity contribution in [3.05, 3.63) is 12.2 Å². The summed E-state index contributed by atoms with van der Waals surface area (Å²) in [6.45, 7) is 6.05. The standard InChI is InChI=1S/C13H24O2/c1-4-7-8-9-10-11-13(5-2,6-3)12(14)15/h10-11H,4-9H2,1-3H3,(H,14,15)/b11-10+. The number of hydrogen-bond donors (Lipinski definition) is 1. The second kappa shape index (κ2) is 7.49. The zero-order valence-corrected chi connectivity index (χ0v) is 10.3. The molecule has 0 radical (unpaired) electrons. The van der Waals surface area contributed by atoms with Crippen molar-refractivity contribution in [1.82, 2.24) is 0 Å². The summed E-state index contributed by atoms with van der Waals surface area (Å²) in [6, 6.07) is 0. The van der Waals surface area contributed by atoms with Crippen LogP contribution in [0.2, 0.25) is 0 Å². The Hall–Kier alpha value is -0.790. The van der Waals surface area contributed by atoms with E-state index in [4.69, 9.17) is 0 Å². The third-order valence-corrected chi connectivity index (χ3v) is 3.10. The third-order valence-electron chi connectivity index (χ3n) is 3.10. The highest BCUT2D eigenvalue weighted by molar-refractivity contribution is 5.76. The molecule has 2 heteroatoms. The summed E-state index contributed by atoms with van der Waals surface area (Å²) in [7, 11) is 0. The number of aliphatic carboxylic acids is 1. The van der Waals surface area contributed by atoms with Gasteiger partial charge in [0.15, 0.2) is 0 Å². The molecular formula is C13H24O2. The lowest BCUT2D eigenvalue weighted by atomic mass is 9.82. The van der Waals surface area contributed by atoms with Gasteiger partial charge in [-0.2, -0.15) is 0 Å². The normalized spacial score (nSPS) is 12.2. The predicted octanol–water partition coefficient (Wildman–Crippen LogP) is 4.01. The average molecular weight is 212 g/mol. The molecule has 0 amide bonds. The molecule has 0 spiro atoms. The van der Waals surface area contributed by atoms with E-state index in [1.807, 2.05) is 26.0 Å². The lowest BCUT2D eigenvalue weighted by molar-refractivity contribution is -0.146. The van der Waals surface area contributed by atoms with Crippen LogP contribution in [-0.4, -0.2) is 11.1 Å². The minimum atomic E-state index is -0.695. The van der Waals surface area contributed by atoms with Gasteiger partial charge in [0, 0.05) is 0 Å². The van der Waals surface area contributed by atoms with Gasteiger partial charge in [-0.05, 0) is 25.7 Å². The van der Waals surface area contributed by atoms with Crippen LogP contribution in [0.4, 0.5) is 0 Å². The van der Waals surface area contributed by atoms with Gasteiger partial charge in [-0.15, -0.1) is 0 Å². The van der Waals surface area contributed by atoms with Crippen LogP contribution in [0.1, 0.15) is 59.3 Å². The van der Waals surface area contributed by atoms with E-state index in [9.17, 15) is 9.90 Å². The van der Waals surface area contributed by atoms with Gasteiger partial charge in [0.1, 0.15) is 0 Å². The van der Waals surface area contributed by atoms with E-state index < -0.39 is 11.4 Å². The Kier molecular flexibility index (Phi) is 7.10. The van der Waals surface area contributed by atoms with Crippen molar-refractivity contribution in [2.45, 2.75) is 59.3 Å². The molecule has 15 heavy (non-hydrogen) atoms. The van der Waals surface area contributed by atoms with E-state index in [-0.39, 0.29) is 0 Å². The van der Waals surface area contributed by atoms with Gasteiger partial charge in [0.2, 0.25) is 0 Å². The summed E-state index contributed by atoms with van der Waals surface area (Å²) < 4.78 is 0. The Morgan fingerprint density at radius 1 is 1.20 bits per heavy atom. The Morgan fingerprint density at radius 3 is 2.20 bits per heavy atom. The number of unbranched alkanes of at least 4 members (excludes halogenated alkanes) is 3. The second-order valence-electron chi connectivity index (χ2n) is 4.07. The zero-order chi connectivity index (χ0) is 11.7. The summed E-state index contributed by atoms with van der Waals surface area (Å²) in [4.78, 5) is 11.2. The molecule has 88 valence electrons. The largest absolute Gasteiger partial charge is 0.481 e. The van der Waals surface area contributed by atoms with E-state index in [1.165, 1.54) is 12.8 Å². The van der Waals surface area contributed by atoms with Crippen LogP contribution in [0.25, 0.3) is 0 Å². The molecule has 0 unspecified atom stereocenters. The molecule has 0 aliphatic heterocycles. The molecule has 0 aromatic carbocycles. The fourth-order valence-electron chi connectivity index (χ4n) is 1.68. The van der Waals surface area contributed by atoms with Crippen LogP contribution in [0, 0.1) is 5.41 Å². The SMILES string of the molecule is CCCCC/C=C/C(CC)(CC)C(=O)O. The zero-order valence-electron chi connectivity index (χ0n) is 10.3. The third kappa shape index (κ3) is 4.50. The maximum Gasteiger partial charge on any atom is 0.313 e. The second-order valence-corrected chi connectivity index (χ2v) is 4.07. The molecule has 0 aromatic rings. The van der Waals surface area contributed by atoms with Crippen molar-refractivity contribution in [1.29, 1.82) is 0 Å². The Bertz CT molecular complexity index is 203. The van der Waals surface area contributed by atoms with Crippen LogP contribution in [0.5, 0.6) is 0 Å². The van der Waals surface area contributed by atoms with E-state index >= 15 is 0 Å². The highest BCUT2D eigenvalue weighted by Gasteiger charge is 2.31. The molecule has 1 N–H and O–H groups in total. The first kappa shape index (κ1) is 14.2. The number of rotatable bonds is 8. The minimum absolute atomic E-state index is 0.633. The molecule has 0 saturated heterocycles. The maximum absolute atomic E-state index is 11.2. The van der Waals surface area contributed by atoms with Crippen molar-refractivity contribution in [2.24, 2.45) is 5.41 Å². The molecule has 0 rings (SSSR count). The van der Waals surface area contributed by atoms with Crippen LogP contribution < -0.4 is 0 Å². The summed E-state index contributed by atoms with van der Waals surface area (Å²) in [5.41, 5.74) is -0.633. The average Bonchev–Trinajstić information content (AvgIpc) is 2.23. The molecule has 0 heterocycles. The van der Waals surface area contributed by atoms with E-state index in [2.05, 4.69) is 6.92 Å². The number of carbonyl (C=O) groups is 1. The Balaban J connectivity index is 4.22. The van der Waals surface area contributed by atoms with Crippen LogP contribution in [0.3, 0.4) is 0 Å². The highest BCUT2D eigenvalue weighted by Crippen LogP contribution is 2.28. The number of carboxylic acid groups (broad SMARTS) is 1. The van der Waals surface area contributed by atoms with Gasteiger partial charge in [0.05, 0.1) is 5.41 Å². The highest BCUT2D eigenvalue weighted by atomic mass is 16.4.